The molecule has 0 fully saturated rings. The van der Waals surface area contributed by atoms with Crippen LogP contribution in [0.2, 0.25) is 0 Å². The van der Waals surface area contributed by atoms with Crippen molar-refractivity contribution in [1.82, 2.24) is 4.72 Å². The van der Waals surface area contributed by atoms with Gasteiger partial charge in [-0.25, -0.2) is 21.9 Å². The van der Waals surface area contributed by atoms with Crippen molar-refractivity contribution >= 4 is 10.0 Å². The molecule has 0 heterocycles. The van der Waals surface area contributed by atoms with Crippen molar-refractivity contribution in [2.75, 3.05) is 13.2 Å². The molecule has 7 heteroatoms. The molecule has 2 aromatic carbocycles. The molecular formula is C16H17F2NO3S. The van der Waals surface area contributed by atoms with E-state index in [4.69, 9.17) is 4.74 Å². The van der Waals surface area contributed by atoms with Gasteiger partial charge >= 0.3 is 0 Å². The molecule has 0 atom stereocenters. The number of rotatable bonds is 6. The molecule has 0 aliphatic carbocycles. The monoisotopic (exact) mass is 341 g/mol. The van der Waals surface area contributed by atoms with E-state index in [0.717, 1.165) is 29.3 Å². The maximum atomic E-state index is 13.5. The summed E-state index contributed by atoms with van der Waals surface area (Å²) in [5.74, 6) is -1.63. The summed E-state index contributed by atoms with van der Waals surface area (Å²) in [6.07, 6.45) is 0. The van der Waals surface area contributed by atoms with E-state index >= 15 is 0 Å². The SMILES string of the molecule is Cc1ccc(OCCNS(=O)(=O)c2c(F)cccc2F)c(C)c1. The first-order chi connectivity index (χ1) is 10.8. The third-order valence-corrected chi connectivity index (χ3v) is 4.68. The minimum Gasteiger partial charge on any atom is -0.492 e. The molecule has 4 nitrogen and oxygen atoms in total. The van der Waals surface area contributed by atoms with Gasteiger partial charge in [-0.15, -0.1) is 0 Å². The van der Waals surface area contributed by atoms with Gasteiger partial charge in [-0.05, 0) is 37.6 Å². The van der Waals surface area contributed by atoms with Crippen LogP contribution >= 0.6 is 0 Å². The number of ether oxygens (including phenoxy) is 1. The van der Waals surface area contributed by atoms with Crippen LogP contribution in [0.4, 0.5) is 8.78 Å². The van der Waals surface area contributed by atoms with Gasteiger partial charge in [0.15, 0.2) is 4.90 Å². The van der Waals surface area contributed by atoms with Gasteiger partial charge in [0.2, 0.25) is 10.0 Å². The summed E-state index contributed by atoms with van der Waals surface area (Å²) in [6.45, 7) is 3.76. The van der Waals surface area contributed by atoms with Crippen molar-refractivity contribution in [3.8, 4) is 5.75 Å². The van der Waals surface area contributed by atoms with Crippen LogP contribution in [0.3, 0.4) is 0 Å². The van der Waals surface area contributed by atoms with Crippen molar-refractivity contribution in [3.63, 3.8) is 0 Å². The molecule has 0 aromatic heterocycles. The van der Waals surface area contributed by atoms with Crippen molar-refractivity contribution in [2.24, 2.45) is 0 Å². The highest BCUT2D eigenvalue weighted by molar-refractivity contribution is 7.89. The summed E-state index contributed by atoms with van der Waals surface area (Å²) in [7, 11) is -4.27. The van der Waals surface area contributed by atoms with E-state index in [-0.39, 0.29) is 13.2 Å². The number of halogens is 2. The third kappa shape index (κ3) is 4.27. The Hall–Kier alpha value is -1.99. The maximum absolute atomic E-state index is 13.5. The number of hydrogen-bond donors (Lipinski definition) is 1. The highest BCUT2D eigenvalue weighted by Crippen LogP contribution is 2.19. The van der Waals surface area contributed by atoms with Crippen molar-refractivity contribution in [3.05, 3.63) is 59.2 Å². The van der Waals surface area contributed by atoms with Crippen molar-refractivity contribution in [2.45, 2.75) is 18.7 Å². The lowest BCUT2D eigenvalue weighted by atomic mass is 10.1. The molecule has 0 unspecified atom stereocenters. The predicted octanol–water partition coefficient (Wildman–Crippen LogP) is 2.94. The molecule has 2 rings (SSSR count). The Morgan fingerprint density at radius 3 is 2.35 bits per heavy atom. The van der Waals surface area contributed by atoms with Crippen LogP contribution < -0.4 is 9.46 Å². The first-order valence-electron chi connectivity index (χ1n) is 6.95. The standard InChI is InChI=1S/C16H17F2NO3S/c1-11-6-7-15(12(2)10-11)22-9-8-19-23(20,21)16-13(17)4-3-5-14(16)18/h3-7,10,19H,8-9H2,1-2H3. The molecule has 0 saturated carbocycles. The average molecular weight is 341 g/mol. The van der Waals surface area contributed by atoms with Gasteiger partial charge in [-0.2, -0.15) is 0 Å². The lowest BCUT2D eigenvalue weighted by molar-refractivity contribution is 0.320. The van der Waals surface area contributed by atoms with E-state index in [2.05, 4.69) is 4.72 Å². The molecule has 0 spiro atoms. The minimum absolute atomic E-state index is 0.0409. The van der Waals surface area contributed by atoms with Gasteiger partial charge in [0.05, 0.1) is 0 Å². The summed E-state index contributed by atoms with van der Waals surface area (Å²) >= 11 is 0. The maximum Gasteiger partial charge on any atom is 0.246 e. The Labute approximate surface area is 134 Å². The van der Waals surface area contributed by atoms with E-state index in [9.17, 15) is 17.2 Å². The first-order valence-corrected chi connectivity index (χ1v) is 8.43. The summed E-state index contributed by atoms with van der Waals surface area (Å²) in [4.78, 5) is -0.980. The number of sulfonamides is 1. The normalized spacial score (nSPS) is 11.5. The molecule has 0 aliphatic rings. The fourth-order valence-electron chi connectivity index (χ4n) is 2.11. The third-order valence-electron chi connectivity index (χ3n) is 3.17. The molecule has 2 aromatic rings. The Morgan fingerprint density at radius 1 is 1.09 bits per heavy atom. The second kappa shape index (κ2) is 7.06. The van der Waals surface area contributed by atoms with Crippen LogP contribution in [0.15, 0.2) is 41.3 Å². The van der Waals surface area contributed by atoms with Gasteiger partial charge in [-0.1, -0.05) is 23.8 Å². The molecule has 1 N–H and O–H groups in total. The van der Waals surface area contributed by atoms with Gasteiger partial charge in [0.1, 0.15) is 24.0 Å². The van der Waals surface area contributed by atoms with Crippen LogP contribution in [-0.2, 0) is 10.0 Å². The lowest BCUT2D eigenvalue weighted by Crippen LogP contribution is -2.29. The van der Waals surface area contributed by atoms with Gasteiger partial charge in [0.25, 0.3) is 0 Å². The molecule has 0 bridgehead atoms. The Bertz CT molecular complexity index is 787. The smallest absolute Gasteiger partial charge is 0.246 e. The highest BCUT2D eigenvalue weighted by Gasteiger charge is 2.23. The topological polar surface area (TPSA) is 55.4 Å². The second-order valence-electron chi connectivity index (χ2n) is 5.07. The van der Waals surface area contributed by atoms with Crippen LogP contribution in [0.5, 0.6) is 5.75 Å². The molecule has 0 saturated heterocycles. The summed E-state index contributed by atoms with van der Waals surface area (Å²) in [6, 6.07) is 8.49. The number of benzene rings is 2. The fraction of sp³-hybridized carbons (Fsp3) is 0.250. The largest absolute Gasteiger partial charge is 0.492 e. The summed E-state index contributed by atoms with van der Waals surface area (Å²) in [5.41, 5.74) is 2.01. The predicted molar refractivity (Wildman–Crippen MR) is 83.0 cm³/mol. The molecule has 0 radical (unpaired) electrons. The van der Waals surface area contributed by atoms with Crippen LogP contribution in [0.25, 0.3) is 0 Å². The van der Waals surface area contributed by atoms with Crippen LogP contribution in [0.1, 0.15) is 11.1 Å². The summed E-state index contributed by atoms with van der Waals surface area (Å²) in [5, 5.41) is 0. The molecule has 124 valence electrons. The van der Waals surface area contributed by atoms with Gasteiger partial charge < -0.3 is 4.74 Å². The van der Waals surface area contributed by atoms with Crippen LogP contribution in [0, 0.1) is 25.5 Å². The summed E-state index contributed by atoms with van der Waals surface area (Å²) < 4.78 is 58.5. The molecular weight excluding hydrogens is 324 g/mol. The van der Waals surface area contributed by atoms with E-state index in [1.54, 1.807) is 6.07 Å². The van der Waals surface area contributed by atoms with Crippen molar-refractivity contribution in [1.29, 1.82) is 0 Å². The van der Waals surface area contributed by atoms with Crippen molar-refractivity contribution < 1.29 is 21.9 Å². The Morgan fingerprint density at radius 2 is 1.74 bits per heavy atom. The number of hydrogen-bond acceptors (Lipinski definition) is 3. The number of aryl methyl sites for hydroxylation is 2. The molecule has 0 amide bonds. The average Bonchev–Trinajstić information content (AvgIpc) is 2.45. The Kier molecular flexibility index (Phi) is 5.33. The van der Waals surface area contributed by atoms with Gasteiger partial charge in [0, 0.05) is 6.54 Å². The van der Waals surface area contributed by atoms with E-state index in [0.29, 0.717) is 5.75 Å². The Balaban J connectivity index is 1.98. The zero-order chi connectivity index (χ0) is 17.0. The van der Waals surface area contributed by atoms with Crippen LogP contribution in [-0.4, -0.2) is 21.6 Å². The first kappa shape index (κ1) is 17.4. The lowest BCUT2D eigenvalue weighted by Gasteiger charge is -2.11. The minimum atomic E-state index is -4.27. The number of nitrogens with one attached hydrogen (secondary N) is 1. The van der Waals surface area contributed by atoms with Gasteiger partial charge in [-0.3, -0.25) is 0 Å². The quantitative estimate of drug-likeness (QED) is 0.822. The second-order valence-corrected chi connectivity index (χ2v) is 6.77. The zero-order valence-corrected chi connectivity index (χ0v) is 13.6. The molecule has 23 heavy (non-hydrogen) atoms. The van der Waals surface area contributed by atoms with E-state index < -0.39 is 26.6 Å². The molecule has 0 aliphatic heterocycles. The fourth-order valence-corrected chi connectivity index (χ4v) is 3.26. The zero-order valence-electron chi connectivity index (χ0n) is 12.8. The van der Waals surface area contributed by atoms with E-state index in [1.807, 2.05) is 26.0 Å². The highest BCUT2D eigenvalue weighted by atomic mass is 32.2. The van der Waals surface area contributed by atoms with E-state index in [1.165, 1.54) is 0 Å².